The highest BCUT2D eigenvalue weighted by Crippen LogP contribution is 2.18. The van der Waals surface area contributed by atoms with Crippen molar-refractivity contribution in [1.82, 2.24) is 5.32 Å². The van der Waals surface area contributed by atoms with E-state index < -0.39 is 29.8 Å². The van der Waals surface area contributed by atoms with E-state index in [1.807, 2.05) is 0 Å². The maximum absolute atomic E-state index is 11.0. The van der Waals surface area contributed by atoms with Crippen LogP contribution in [0.15, 0.2) is 0 Å². The zero-order chi connectivity index (χ0) is 10.0. The number of esters is 1. The molecular weight excluding hydrogens is 178 g/mol. The molecular formula is C7H9NO5. The van der Waals surface area contributed by atoms with E-state index in [2.05, 4.69) is 10.1 Å². The van der Waals surface area contributed by atoms with Crippen molar-refractivity contribution in [2.24, 2.45) is 5.92 Å². The summed E-state index contributed by atoms with van der Waals surface area (Å²) in [4.78, 5) is 32.4. The van der Waals surface area contributed by atoms with Crippen LogP contribution in [0.3, 0.4) is 0 Å². The van der Waals surface area contributed by atoms with Crippen molar-refractivity contribution in [2.75, 3.05) is 7.11 Å². The molecule has 6 nitrogen and oxygen atoms in total. The largest absolute Gasteiger partial charge is 0.480 e. The van der Waals surface area contributed by atoms with Crippen LogP contribution in [0, 0.1) is 5.92 Å². The Labute approximate surface area is 73.9 Å². The van der Waals surface area contributed by atoms with E-state index in [4.69, 9.17) is 5.11 Å². The van der Waals surface area contributed by atoms with Gasteiger partial charge >= 0.3 is 11.9 Å². The molecule has 13 heavy (non-hydrogen) atoms. The third-order valence-electron chi connectivity index (χ3n) is 1.89. The molecule has 0 aliphatic carbocycles. The highest BCUT2D eigenvalue weighted by Gasteiger charge is 2.42. The van der Waals surface area contributed by atoms with Crippen LogP contribution in [0.25, 0.3) is 0 Å². The Morgan fingerprint density at radius 3 is 2.69 bits per heavy atom. The topological polar surface area (TPSA) is 92.7 Å². The minimum atomic E-state index is -1.22. The lowest BCUT2D eigenvalue weighted by molar-refractivity contribution is -0.151. The molecule has 2 unspecified atom stereocenters. The number of carbonyl (C=O) groups excluding carboxylic acids is 2. The molecule has 1 saturated heterocycles. The molecule has 1 heterocycles. The van der Waals surface area contributed by atoms with Crippen LogP contribution in [0.1, 0.15) is 6.42 Å². The summed E-state index contributed by atoms with van der Waals surface area (Å²) in [6, 6.07) is -1.15. The molecule has 0 bridgehead atoms. The third kappa shape index (κ3) is 1.77. The molecule has 1 rings (SSSR count). The summed E-state index contributed by atoms with van der Waals surface area (Å²) in [5.74, 6) is -3.25. The fraction of sp³-hybridized carbons (Fsp3) is 0.571. The Bertz CT molecular complexity index is 262. The number of rotatable bonds is 2. The van der Waals surface area contributed by atoms with Crippen LogP contribution in [0.5, 0.6) is 0 Å². The molecule has 2 atom stereocenters. The maximum Gasteiger partial charge on any atom is 0.327 e. The van der Waals surface area contributed by atoms with Gasteiger partial charge in [0.1, 0.15) is 6.04 Å². The van der Waals surface area contributed by atoms with Crippen LogP contribution in [-0.4, -0.2) is 36.1 Å². The number of ether oxygens (including phenoxy) is 1. The lowest BCUT2D eigenvalue weighted by Crippen LogP contribution is -2.39. The highest BCUT2D eigenvalue weighted by molar-refractivity contribution is 5.95. The van der Waals surface area contributed by atoms with E-state index in [1.165, 1.54) is 0 Å². The Balaban J connectivity index is 2.77. The molecule has 6 heteroatoms. The van der Waals surface area contributed by atoms with Crippen molar-refractivity contribution in [3.63, 3.8) is 0 Å². The third-order valence-corrected chi connectivity index (χ3v) is 1.89. The van der Waals surface area contributed by atoms with Gasteiger partial charge in [-0.25, -0.2) is 4.79 Å². The Kier molecular flexibility index (Phi) is 2.50. The first kappa shape index (κ1) is 9.50. The minimum absolute atomic E-state index is 0.121. The van der Waals surface area contributed by atoms with Crippen molar-refractivity contribution in [3.8, 4) is 0 Å². The average molecular weight is 187 g/mol. The molecule has 1 aliphatic heterocycles. The van der Waals surface area contributed by atoms with Crippen LogP contribution in [0.4, 0.5) is 0 Å². The van der Waals surface area contributed by atoms with Crippen LogP contribution < -0.4 is 5.32 Å². The Morgan fingerprint density at radius 1 is 1.62 bits per heavy atom. The van der Waals surface area contributed by atoms with Gasteiger partial charge in [0.2, 0.25) is 5.91 Å². The molecule has 1 amide bonds. The summed E-state index contributed by atoms with van der Waals surface area (Å²) in [6.45, 7) is 0. The van der Waals surface area contributed by atoms with E-state index in [0.717, 1.165) is 7.11 Å². The van der Waals surface area contributed by atoms with Gasteiger partial charge < -0.3 is 15.2 Å². The van der Waals surface area contributed by atoms with Crippen molar-refractivity contribution < 1.29 is 24.2 Å². The molecule has 0 aromatic carbocycles. The molecule has 0 saturated carbocycles. The Morgan fingerprint density at radius 2 is 2.23 bits per heavy atom. The fourth-order valence-corrected chi connectivity index (χ4v) is 1.26. The number of amides is 1. The van der Waals surface area contributed by atoms with E-state index in [9.17, 15) is 14.4 Å². The second-order valence-corrected chi connectivity index (χ2v) is 2.72. The predicted molar refractivity (Wildman–Crippen MR) is 39.7 cm³/mol. The summed E-state index contributed by atoms with van der Waals surface area (Å²) in [6.07, 6.45) is -0.121. The fourth-order valence-electron chi connectivity index (χ4n) is 1.26. The summed E-state index contributed by atoms with van der Waals surface area (Å²) < 4.78 is 4.37. The lowest BCUT2D eigenvalue weighted by Gasteiger charge is -2.11. The smallest absolute Gasteiger partial charge is 0.327 e. The van der Waals surface area contributed by atoms with Crippen molar-refractivity contribution >= 4 is 17.8 Å². The van der Waals surface area contributed by atoms with Gasteiger partial charge in [-0.2, -0.15) is 0 Å². The monoisotopic (exact) mass is 187 g/mol. The molecule has 1 aliphatic rings. The van der Waals surface area contributed by atoms with Gasteiger partial charge in [0, 0.05) is 6.42 Å². The van der Waals surface area contributed by atoms with Crippen LogP contribution >= 0.6 is 0 Å². The maximum atomic E-state index is 11.0. The van der Waals surface area contributed by atoms with Gasteiger partial charge in [0.15, 0.2) is 0 Å². The summed E-state index contributed by atoms with van der Waals surface area (Å²) in [5, 5.41) is 10.8. The molecule has 2 N–H and O–H groups in total. The van der Waals surface area contributed by atoms with E-state index in [1.54, 1.807) is 0 Å². The van der Waals surface area contributed by atoms with Gasteiger partial charge in [-0.05, 0) is 0 Å². The zero-order valence-electron chi connectivity index (χ0n) is 6.94. The van der Waals surface area contributed by atoms with Gasteiger partial charge in [-0.3, -0.25) is 9.59 Å². The number of hydrogen-bond donors (Lipinski definition) is 2. The highest BCUT2D eigenvalue weighted by atomic mass is 16.5. The van der Waals surface area contributed by atoms with Gasteiger partial charge in [0.25, 0.3) is 0 Å². The number of nitrogens with one attached hydrogen (secondary N) is 1. The SMILES string of the molecule is COC(=O)C1CC(=O)NC1C(=O)O. The second kappa shape index (κ2) is 3.42. The number of carboxylic acid groups (broad SMARTS) is 1. The number of aliphatic carboxylic acids is 1. The summed E-state index contributed by atoms with van der Waals surface area (Å²) in [5.41, 5.74) is 0. The normalized spacial score (nSPS) is 26.7. The van der Waals surface area contributed by atoms with Crippen LogP contribution in [-0.2, 0) is 19.1 Å². The zero-order valence-corrected chi connectivity index (χ0v) is 6.94. The first-order valence-electron chi connectivity index (χ1n) is 3.66. The summed E-state index contributed by atoms with van der Waals surface area (Å²) >= 11 is 0. The van der Waals surface area contributed by atoms with Gasteiger partial charge in [-0.15, -0.1) is 0 Å². The standard InChI is InChI=1S/C7H9NO5/c1-13-7(12)3-2-4(9)8-5(3)6(10)11/h3,5H,2H2,1H3,(H,8,9)(H,10,11). The lowest BCUT2D eigenvalue weighted by atomic mass is 10.0. The van der Waals surface area contributed by atoms with E-state index in [-0.39, 0.29) is 6.42 Å². The predicted octanol–water partition coefficient (Wildman–Crippen LogP) is -1.25. The quantitative estimate of drug-likeness (QED) is 0.527. The minimum Gasteiger partial charge on any atom is -0.480 e. The first-order valence-corrected chi connectivity index (χ1v) is 3.66. The number of methoxy groups -OCH3 is 1. The van der Waals surface area contributed by atoms with E-state index in [0.29, 0.717) is 0 Å². The summed E-state index contributed by atoms with van der Waals surface area (Å²) in [7, 11) is 1.16. The van der Waals surface area contributed by atoms with Crippen LogP contribution in [0.2, 0.25) is 0 Å². The van der Waals surface area contributed by atoms with Crippen molar-refractivity contribution in [1.29, 1.82) is 0 Å². The van der Waals surface area contributed by atoms with E-state index >= 15 is 0 Å². The molecule has 0 aromatic heterocycles. The molecule has 1 fully saturated rings. The van der Waals surface area contributed by atoms with Gasteiger partial charge in [0.05, 0.1) is 13.0 Å². The van der Waals surface area contributed by atoms with Crippen molar-refractivity contribution in [2.45, 2.75) is 12.5 Å². The molecule has 0 aromatic rings. The molecule has 0 radical (unpaired) electrons. The number of carbonyl (C=O) groups is 3. The average Bonchev–Trinajstić information content (AvgIpc) is 2.46. The second-order valence-electron chi connectivity index (χ2n) is 2.72. The molecule has 0 spiro atoms. The van der Waals surface area contributed by atoms with Gasteiger partial charge in [-0.1, -0.05) is 0 Å². The number of carboxylic acids is 1. The first-order chi connectivity index (χ1) is 6.06. The number of hydrogen-bond acceptors (Lipinski definition) is 4. The Hall–Kier alpha value is -1.59. The molecule has 72 valence electrons. The van der Waals surface area contributed by atoms with Crippen molar-refractivity contribution in [3.05, 3.63) is 0 Å².